The van der Waals surface area contributed by atoms with Crippen molar-refractivity contribution in [1.82, 2.24) is 19.6 Å². The molecule has 2 rings (SSSR count). The molecule has 0 spiro atoms. The van der Waals surface area contributed by atoms with Gasteiger partial charge in [0, 0.05) is 73.0 Å². The Morgan fingerprint density at radius 1 is 0.516 bits per heavy atom. The first kappa shape index (κ1) is 27.1. The standard InChI is InChI=1S/C27H56N4/c1-21-18-28(16-17-29(21)24(4,5)6)26(10,11)14-15-27(12,13)31-20-22(2)30(19-23(31)3)25(7,8)9/h21-23H,14-20H2,1-13H3/t21-,22-,23+/m1/s1. The van der Waals surface area contributed by atoms with Crippen LogP contribution in [0.5, 0.6) is 0 Å². The summed E-state index contributed by atoms with van der Waals surface area (Å²) in [7, 11) is 0. The highest BCUT2D eigenvalue weighted by Crippen LogP contribution is 2.34. The Kier molecular flexibility index (Phi) is 8.07. The highest BCUT2D eigenvalue weighted by atomic mass is 15.4. The minimum absolute atomic E-state index is 0.230. The van der Waals surface area contributed by atoms with Gasteiger partial charge in [0.1, 0.15) is 0 Å². The fraction of sp³-hybridized carbons (Fsp3) is 1.00. The molecule has 2 aliphatic rings. The monoisotopic (exact) mass is 436 g/mol. The van der Waals surface area contributed by atoms with Gasteiger partial charge in [-0.2, -0.15) is 0 Å². The Morgan fingerprint density at radius 2 is 0.935 bits per heavy atom. The van der Waals surface area contributed by atoms with Crippen LogP contribution in [-0.4, -0.2) is 92.6 Å². The summed E-state index contributed by atoms with van der Waals surface area (Å²) in [4.78, 5) is 10.9. The predicted molar refractivity (Wildman–Crippen MR) is 137 cm³/mol. The smallest absolute Gasteiger partial charge is 0.0201 e. The molecular weight excluding hydrogens is 380 g/mol. The van der Waals surface area contributed by atoms with Crippen LogP contribution >= 0.6 is 0 Å². The Hall–Kier alpha value is -0.160. The Morgan fingerprint density at radius 3 is 1.42 bits per heavy atom. The van der Waals surface area contributed by atoms with E-state index in [0.29, 0.717) is 18.1 Å². The van der Waals surface area contributed by atoms with Crippen LogP contribution in [0.3, 0.4) is 0 Å². The van der Waals surface area contributed by atoms with Gasteiger partial charge >= 0.3 is 0 Å². The summed E-state index contributed by atoms with van der Waals surface area (Å²) in [6, 6.07) is 1.83. The molecule has 0 aromatic heterocycles. The molecule has 0 aliphatic carbocycles. The van der Waals surface area contributed by atoms with E-state index in [9.17, 15) is 0 Å². The molecule has 4 heteroatoms. The van der Waals surface area contributed by atoms with Crippen LogP contribution in [0.25, 0.3) is 0 Å². The highest BCUT2D eigenvalue weighted by molar-refractivity contribution is 4.99. The van der Waals surface area contributed by atoms with Crippen molar-refractivity contribution in [3.8, 4) is 0 Å². The lowest BCUT2D eigenvalue weighted by Crippen LogP contribution is -2.66. The van der Waals surface area contributed by atoms with Gasteiger partial charge in [0.25, 0.3) is 0 Å². The summed E-state index contributed by atoms with van der Waals surface area (Å²) in [5, 5.41) is 0. The molecule has 4 nitrogen and oxygen atoms in total. The molecule has 2 fully saturated rings. The van der Waals surface area contributed by atoms with Gasteiger partial charge in [0.15, 0.2) is 0 Å². The van der Waals surface area contributed by atoms with Gasteiger partial charge in [-0.15, -0.1) is 0 Å². The maximum absolute atomic E-state index is 2.80. The Balaban J connectivity index is 1.99. The van der Waals surface area contributed by atoms with Crippen LogP contribution in [-0.2, 0) is 0 Å². The van der Waals surface area contributed by atoms with E-state index in [1.165, 1.54) is 45.6 Å². The molecule has 2 saturated heterocycles. The summed E-state index contributed by atoms with van der Waals surface area (Å²) < 4.78 is 0. The maximum Gasteiger partial charge on any atom is 0.0201 e. The van der Waals surface area contributed by atoms with Gasteiger partial charge < -0.3 is 0 Å². The molecule has 0 amide bonds. The lowest BCUT2D eigenvalue weighted by atomic mass is 9.84. The molecule has 0 saturated carbocycles. The van der Waals surface area contributed by atoms with E-state index in [1.54, 1.807) is 0 Å². The zero-order chi connectivity index (χ0) is 24.0. The lowest BCUT2D eigenvalue weighted by Gasteiger charge is -2.55. The van der Waals surface area contributed by atoms with E-state index in [1.807, 2.05) is 0 Å². The second-order valence-corrected chi connectivity index (χ2v) is 14.0. The zero-order valence-electron chi connectivity index (χ0n) is 23.5. The summed E-state index contributed by atoms with van der Waals surface area (Å²) in [6.07, 6.45) is 2.50. The molecule has 31 heavy (non-hydrogen) atoms. The number of hydrogen-bond donors (Lipinski definition) is 0. The van der Waals surface area contributed by atoms with Gasteiger partial charge in [-0.05, 0) is 103 Å². The molecule has 0 aromatic rings. The maximum atomic E-state index is 2.80. The van der Waals surface area contributed by atoms with Crippen LogP contribution in [0.4, 0.5) is 0 Å². The number of hydrogen-bond acceptors (Lipinski definition) is 4. The third-order valence-electron chi connectivity index (χ3n) is 8.32. The zero-order valence-corrected chi connectivity index (χ0v) is 23.5. The molecule has 3 atom stereocenters. The summed E-state index contributed by atoms with van der Waals surface area (Å²) in [5.74, 6) is 0. The van der Waals surface area contributed by atoms with Crippen molar-refractivity contribution in [3.63, 3.8) is 0 Å². The summed E-state index contributed by atoms with van der Waals surface area (Å²) >= 11 is 0. The van der Waals surface area contributed by atoms with Crippen molar-refractivity contribution in [2.75, 3.05) is 32.7 Å². The van der Waals surface area contributed by atoms with Crippen molar-refractivity contribution in [1.29, 1.82) is 0 Å². The van der Waals surface area contributed by atoms with Crippen molar-refractivity contribution in [2.24, 2.45) is 0 Å². The van der Waals surface area contributed by atoms with E-state index >= 15 is 0 Å². The molecule has 0 bridgehead atoms. The molecular formula is C27H56N4. The van der Waals surface area contributed by atoms with E-state index in [4.69, 9.17) is 0 Å². The summed E-state index contributed by atoms with van der Waals surface area (Å²) in [6.45, 7) is 37.2. The third kappa shape index (κ3) is 6.46. The fourth-order valence-electron chi connectivity index (χ4n) is 6.32. The Labute approximate surface area is 195 Å². The van der Waals surface area contributed by atoms with Crippen LogP contribution in [0, 0.1) is 0 Å². The van der Waals surface area contributed by atoms with Gasteiger partial charge in [0.05, 0.1) is 0 Å². The van der Waals surface area contributed by atoms with Crippen LogP contribution in [0.1, 0.15) is 103 Å². The second-order valence-electron chi connectivity index (χ2n) is 14.0. The van der Waals surface area contributed by atoms with Gasteiger partial charge in [-0.1, -0.05) is 0 Å². The van der Waals surface area contributed by atoms with Crippen LogP contribution in [0.15, 0.2) is 0 Å². The normalized spacial score (nSPS) is 29.5. The number of piperazine rings is 2. The third-order valence-corrected chi connectivity index (χ3v) is 8.32. The summed E-state index contributed by atoms with van der Waals surface area (Å²) in [5.41, 5.74) is 0.989. The van der Waals surface area contributed by atoms with Gasteiger partial charge in [-0.25, -0.2) is 0 Å². The fourth-order valence-corrected chi connectivity index (χ4v) is 6.32. The molecule has 2 aliphatic heterocycles. The lowest BCUT2D eigenvalue weighted by molar-refractivity contribution is -0.0619. The first-order chi connectivity index (χ1) is 13.9. The van der Waals surface area contributed by atoms with Crippen molar-refractivity contribution >= 4 is 0 Å². The quantitative estimate of drug-likeness (QED) is 0.578. The van der Waals surface area contributed by atoms with Gasteiger partial charge in [0.2, 0.25) is 0 Å². The highest BCUT2D eigenvalue weighted by Gasteiger charge is 2.42. The Bertz CT molecular complexity index is 583. The minimum Gasteiger partial charge on any atom is -0.295 e. The van der Waals surface area contributed by atoms with Crippen molar-refractivity contribution in [2.45, 2.75) is 143 Å². The minimum atomic E-state index is 0.230. The SMILES string of the molecule is C[C@@H]1CN(C(C)(C)CCC(C)(C)N2C[C@@H](C)N(C(C)(C)C)C[C@@H]2C)CCN1C(C)(C)C. The van der Waals surface area contributed by atoms with Crippen LogP contribution in [0.2, 0.25) is 0 Å². The van der Waals surface area contributed by atoms with E-state index in [2.05, 4.69) is 110 Å². The first-order valence-corrected chi connectivity index (χ1v) is 12.9. The van der Waals surface area contributed by atoms with E-state index < -0.39 is 0 Å². The van der Waals surface area contributed by atoms with Crippen molar-refractivity contribution < 1.29 is 0 Å². The topological polar surface area (TPSA) is 13.0 Å². The average molecular weight is 437 g/mol. The number of nitrogens with zero attached hydrogens (tertiary/aromatic N) is 4. The molecule has 184 valence electrons. The first-order valence-electron chi connectivity index (χ1n) is 12.9. The van der Waals surface area contributed by atoms with Crippen LogP contribution < -0.4 is 0 Å². The molecule has 0 unspecified atom stereocenters. The van der Waals surface area contributed by atoms with E-state index in [-0.39, 0.29) is 22.2 Å². The number of rotatable bonds is 5. The predicted octanol–water partition coefficient (Wildman–Crippen LogP) is 5.32. The largest absolute Gasteiger partial charge is 0.295 e. The average Bonchev–Trinajstić information content (AvgIpc) is 2.59. The second kappa shape index (κ2) is 9.24. The van der Waals surface area contributed by atoms with Crippen molar-refractivity contribution in [3.05, 3.63) is 0 Å². The molecule has 2 heterocycles. The van der Waals surface area contributed by atoms with Gasteiger partial charge in [-0.3, -0.25) is 19.6 Å². The molecule has 0 aromatic carbocycles. The molecule has 0 N–H and O–H groups in total. The molecule has 0 radical (unpaired) electrons. The van der Waals surface area contributed by atoms with E-state index in [0.717, 1.165) is 0 Å².